The van der Waals surface area contributed by atoms with Crippen molar-refractivity contribution in [1.29, 1.82) is 0 Å². The summed E-state index contributed by atoms with van der Waals surface area (Å²) in [6, 6.07) is 18.1. The van der Waals surface area contributed by atoms with Gasteiger partial charge in [-0.3, -0.25) is 0 Å². The molecule has 0 saturated carbocycles. The third kappa shape index (κ3) is 7.17. The van der Waals surface area contributed by atoms with Crippen LogP contribution in [0.25, 0.3) is 11.1 Å². The fourth-order valence-electron chi connectivity index (χ4n) is 3.57. The second kappa shape index (κ2) is 12.2. The van der Waals surface area contributed by atoms with Crippen LogP contribution in [0.4, 0.5) is 8.78 Å². The number of hydrogen-bond acceptors (Lipinski definition) is 2. The number of hydrogen-bond donors (Lipinski definition) is 0. The van der Waals surface area contributed by atoms with Crippen molar-refractivity contribution in [2.75, 3.05) is 7.11 Å². The van der Waals surface area contributed by atoms with Gasteiger partial charge < -0.3 is 9.47 Å². The SMILES string of the molecule is CCCCCC(C)Oc1ccc(-c2ccc(C#Cc3c(F)cc(COC)cc3F)cc2)cc1. The van der Waals surface area contributed by atoms with Gasteiger partial charge in [0.1, 0.15) is 17.4 Å². The van der Waals surface area contributed by atoms with E-state index in [2.05, 4.69) is 25.7 Å². The molecule has 0 radical (unpaired) electrons. The molecule has 33 heavy (non-hydrogen) atoms. The Balaban J connectivity index is 1.66. The smallest absolute Gasteiger partial charge is 0.142 e. The highest BCUT2D eigenvalue weighted by Crippen LogP contribution is 2.24. The van der Waals surface area contributed by atoms with Crippen molar-refractivity contribution in [3.63, 3.8) is 0 Å². The summed E-state index contributed by atoms with van der Waals surface area (Å²) in [5.41, 5.74) is 2.97. The molecular weight excluding hydrogens is 418 g/mol. The lowest BCUT2D eigenvalue weighted by atomic mass is 10.0. The lowest BCUT2D eigenvalue weighted by Crippen LogP contribution is -2.11. The molecule has 3 aromatic carbocycles. The van der Waals surface area contributed by atoms with Crippen LogP contribution in [0.5, 0.6) is 5.75 Å². The Morgan fingerprint density at radius 1 is 0.848 bits per heavy atom. The minimum atomic E-state index is -0.687. The molecule has 0 aliphatic rings. The van der Waals surface area contributed by atoms with Crippen molar-refractivity contribution in [3.05, 3.63) is 89.0 Å². The zero-order valence-corrected chi connectivity index (χ0v) is 19.5. The van der Waals surface area contributed by atoms with Crippen LogP contribution in [-0.4, -0.2) is 13.2 Å². The maximum absolute atomic E-state index is 14.2. The number of unbranched alkanes of at least 4 members (excludes halogenated alkanes) is 2. The molecule has 3 rings (SSSR count). The third-order valence-corrected chi connectivity index (χ3v) is 5.37. The average molecular weight is 449 g/mol. The average Bonchev–Trinajstić information content (AvgIpc) is 2.80. The molecule has 0 spiro atoms. The molecule has 0 aliphatic carbocycles. The summed E-state index contributed by atoms with van der Waals surface area (Å²) in [5, 5.41) is 0. The fraction of sp³-hybridized carbons (Fsp3) is 0.310. The van der Waals surface area contributed by atoms with Crippen molar-refractivity contribution >= 4 is 0 Å². The predicted molar refractivity (Wildman–Crippen MR) is 129 cm³/mol. The Morgan fingerprint density at radius 2 is 1.45 bits per heavy atom. The van der Waals surface area contributed by atoms with E-state index >= 15 is 0 Å². The molecule has 0 saturated heterocycles. The lowest BCUT2D eigenvalue weighted by Gasteiger charge is -2.15. The van der Waals surface area contributed by atoms with E-state index in [1.807, 2.05) is 48.5 Å². The predicted octanol–water partition coefficient (Wildman–Crippen LogP) is 7.53. The Hall–Kier alpha value is -3.16. The van der Waals surface area contributed by atoms with Gasteiger partial charge in [-0.1, -0.05) is 55.9 Å². The van der Waals surface area contributed by atoms with Crippen LogP contribution in [0.3, 0.4) is 0 Å². The van der Waals surface area contributed by atoms with E-state index in [4.69, 9.17) is 9.47 Å². The molecule has 3 aromatic rings. The van der Waals surface area contributed by atoms with Crippen molar-refractivity contribution in [2.24, 2.45) is 0 Å². The van der Waals surface area contributed by atoms with E-state index in [0.29, 0.717) is 11.1 Å². The number of methoxy groups -OCH3 is 1. The molecule has 172 valence electrons. The van der Waals surface area contributed by atoms with Crippen LogP contribution in [0.1, 0.15) is 56.2 Å². The third-order valence-electron chi connectivity index (χ3n) is 5.37. The van der Waals surface area contributed by atoms with E-state index in [9.17, 15) is 8.78 Å². The Bertz CT molecular complexity index is 1070. The Kier molecular flexibility index (Phi) is 9.04. The van der Waals surface area contributed by atoms with Crippen LogP contribution in [0, 0.1) is 23.5 Å². The molecule has 0 aromatic heterocycles. The summed E-state index contributed by atoms with van der Waals surface area (Å²) < 4.78 is 39.3. The van der Waals surface area contributed by atoms with Gasteiger partial charge in [0.05, 0.1) is 18.3 Å². The number of halogens is 2. The molecule has 0 N–H and O–H groups in total. The molecule has 0 amide bonds. The van der Waals surface area contributed by atoms with Gasteiger partial charge in [0.15, 0.2) is 0 Å². The van der Waals surface area contributed by atoms with Crippen LogP contribution in [0.2, 0.25) is 0 Å². The van der Waals surface area contributed by atoms with Gasteiger partial charge in [-0.05, 0) is 72.9 Å². The highest BCUT2D eigenvalue weighted by molar-refractivity contribution is 5.65. The summed E-state index contributed by atoms with van der Waals surface area (Å²) >= 11 is 0. The van der Waals surface area contributed by atoms with Crippen LogP contribution >= 0.6 is 0 Å². The molecule has 0 bridgehead atoms. The van der Waals surface area contributed by atoms with Gasteiger partial charge in [-0.2, -0.15) is 0 Å². The van der Waals surface area contributed by atoms with Gasteiger partial charge in [0.2, 0.25) is 0 Å². The second-order valence-electron chi connectivity index (χ2n) is 8.14. The minimum Gasteiger partial charge on any atom is -0.491 e. The molecule has 4 heteroatoms. The largest absolute Gasteiger partial charge is 0.491 e. The zero-order chi connectivity index (χ0) is 23.6. The standard InChI is InChI=1S/C29H30F2O2/c1-4-5-6-7-21(2)33-26-15-13-25(14-16-26)24-11-8-22(9-12-24)10-17-27-28(30)18-23(20-32-3)19-29(27)31/h8-9,11-16,18-19,21H,4-7,20H2,1-3H3. The number of benzene rings is 3. The van der Waals surface area contributed by atoms with Crippen LogP contribution in [0.15, 0.2) is 60.7 Å². The Morgan fingerprint density at radius 3 is 2.03 bits per heavy atom. The first-order valence-electron chi connectivity index (χ1n) is 11.4. The van der Waals surface area contributed by atoms with Crippen molar-refractivity contribution in [3.8, 4) is 28.7 Å². The maximum atomic E-state index is 14.2. The summed E-state index contributed by atoms with van der Waals surface area (Å²) in [5.74, 6) is 4.95. The molecule has 0 aliphatic heterocycles. The topological polar surface area (TPSA) is 18.5 Å². The summed E-state index contributed by atoms with van der Waals surface area (Å²) in [6.45, 7) is 4.45. The number of ether oxygens (including phenoxy) is 2. The summed E-state index contributed by atoms with van der Waals surface area (Å²) in [7, 11) is 1.48. The fourth-order valence-corrected chi connectivity index (χ4v) is 3.57. The van der Waals surface area contributed by atoms with Gasteiger partial charge in [-0.25, -0.2) is 8.78 Å². The molecule has 2 nitrogen and oxygen atoms in total. The normalized spacial score (nSPS) is 11.5. The lowest BCUT2D eigenvalue weighted by molar-refractivity contribution is 0.184. The van der Waals surface area contributed by atoms with Crippen LogP contribution < -0.4 is 4.74 Å². The first-order valence-corrected chi connectivity index (χ1v) is 11.4. The van der Waals surface area contributed by atoms with E-state index in [1.54, 1.807) is 0 Å². The monoisotopic (exact) mass is 448 g/mol. The van der Waals surface area contributed by atoms with E-state index in [-0.39, 0.29) is 18.3 Å². The van der Waals surface area contributed by atoms with Crippen molar-refractivity contribution < 1.29 is 18.3 Å². The van der Waals surface area contributed by atoms with Gasteiger partial charge in [-0.15, -0.1) is 0 Å². The van der Waals surface area contributed by atoms with Crippen molar-refractivity contribution in [2.45, 2.75) is 52.2 Å². The van der Waals surface area contributed by atoms with Gasteiger partial charge >= 0.3 is 0 Å². The molecule has 1 atom stereocenters. The number of rotatable bonds is 9. The molecule has 1 unspecified atom stereocenters. The highest BCUT2D eigenvalue weighted by atomic mass is 19.1. The summed E-state index contributed by atoms with van der Waals surface area (Å²) in [4.78, 5) is 0. The van der Waals surface area contributed by atoms with Gasteiger partial charge in [0.25, 0.3) is 0 Å². The minimum absolute atomic E-state index is 0.147. The zero-order valence-electron chi connectivity index (χ0n) is 19.5. The maximum Gasteiger partial charge on any atom is 0.142 e. The van der Waals surface area contributed by atoms with E-state index in [1.165, 1.54) is 38.5 Å². The summed E-state index contributed by atoms with van der Waals surface area (Å²) in [6.07, 6.45) is 4.89. The van der Waals surface area contributed by atoms with Gasteiger partial charge in [0, 0.05) is 12.7 Å². The Labute approximate surface area is 195 Å². The van der Waals surface area contributed by atoms with Crippen molar-refractivity contribution in [1.82, 2.24) is 0 Å². The van der Waals surface area contributed by atoms with E-state index in [0.717, 1.165) is 23.3 Å². The molecular formula is C29H30F2O2. The first-order chi connectivity index (χ1) is 16.0. The first kappa shape index (κ1) is 24.5. The molecule has 0 heterocycles. The second-order valence-corrected chi connectivity index (χ2v) is 8.14. The quantitative estimate of drug-likeness (QED) is 0.249. The van der Waals surface area contributed by atoms with Crippen LogP contribution in [-0.2, 0) is 11.3 Å². The highest BCUT2D eigenvalue weighted by Gasteiger charge is 2.09. The molecule has 0 fully saturated rings. The van der Waals surface area contributed by atoms with E-state index < -0.39 is 11.6 Å².